The summed E-state index contributed by atoms with van der Waals surface area (Å²) in [5.74, 6) is 0.00799. The number of benzene rings is 1. The Morgan fingerprint density at radius 3 is 2.67 bits per heavy atom. The first-order valence-electron chi connectivity index (χ1n) is 8.19. The summed E-state index contributed by atoms with van der Waals surface area (Å²) in [5, 5.41) is 22.4. The van der Waals surface area contributed by atoms with Crippen molar-refractivity contribution in [2.75, 3.05) is 11.5 Å². The van der Waals surface area contributed by atoms with Gasteiger partial charge in [-0.05, 0) is 24.5 Å². The highest BCUT2D eigenvalue weighted by atomic mass is 32.1. The standard InChI is InChI=1S/C19H21N3OS/c1-3-5-13-6-8-14(9-7-13)18-16(10-20)22(17(18)11-23)19-21-15(4-2)12-24-19/h3,5-9,12,16-18,23H,4,11H2,1-2H3/b5-3+/t16-,17-,18+/m0/s1. The van der Waals surface area contributed by atoms with Gasteiger partial charge in [-0.25, -0.2) is 4.98 Å². The second-order valence-electron chi connectivity index (χ2n) is 5.90. The Morgan fingerprint density at radius 2 is 2.12 bits per heavy atom. The largest absolute Gasteiger partial charge is 0.394 e. The molecule has 24 heavy (non-hydrogen) atoms. The fraction of sp³-hybridized carbons (Fsp3) is 0.368. The van der Waals surface area contributed by atoms with Crippen LogP contribution in [0.15, 0.2) is 35.7 Å². The van der Waals surface area contributed by atoms with Crippen molar-refractivity contribution in [3.05, 3.63) is 52.5 Å². The number of aliphatic hydroxyl groups excluding tert-OH is 1. The maximum Gasteiger partial charge on any atom is 0.186 e. The molecule has 3 rings (SSSR count). The average molecular weight is 339 g/mol. The average Bonchev–Trinajstić information content (AvgIpc) is 3.05. The number of hydrogen-bond donors (Lipinski definition) is 1. The quantitative estimate of drug-likeness (QED) is 0.904. The molecule has 1 fully saturated rings. The maximum absolute atomic E-state index is 9.88. The molecule has 1 aromatic heterocycles. The van der Waals surface area contributed by atoms with Crippen molar-refractivity contribution < 1.29 is 5.11 Å². The summed E-state index contributed by atoms with van der Waals surface area (Å²) in [7, 11) is 0. The summed E-state index contributed by atoms with van der Waals surface area (Å²) in [6.07, 6.45) is 4.92. The number of rotatable bonds is 5. The summed E-state index contributed by atoms with van der Waals surface area (Å²) in [6.45, 7) is 4.07. The molecule has 5 heteroatoms. The van der Waals surface area contributed by atoms with Gasteiger partial charge in [0.05, 0.1) is 24.4 Å². The molecule has 0 radical (unpaired) electrons. The van der Waals surface area contributed by atoms with E-state index in [1.165, 1.54) is 0 Å². The van der Waals surface area contributed by atoms with Gasteiger partial charge in [0.1, 0.15) is 6.04 Å². The van der Waals surface area contributed by atoms with Crippen molar-refractivity contribution in [3.8, 4) is 6.07 Å². The molecule has 2 aromatic rings. The van der Waals surface area contributed by atoms with Crippen LogP contribution < -0.4 is 4.90 Å². The van der Waals surface area contributed by atoms with Crippen molar-refractivity contribution in [1.29, 1.82) is 5.26 Å². The zero-order valence-electron chi connectivity index (χ0n) is 13.9. The van der Waals surface area contributed by atoms with Gasteiger partial charge in [-0.3, -0.25) is 0 Å². The number of anilines is 1. The van der Waals surface area contributed by atoms with Crippen LogP contribution in [0.25, 0.3) is 6.08 Å². The van der Waals surface area contributed by atoms with E-state index < -0.39 is 0 Å². The SMILES string of the molecule is C/C=C/c1ccc([C@@H]2[C@H](C#N)N(c3nc(CC)cs3)[C@H]2CO)cc1. The number of allylic oxidation sites excluding steroid dienone is 1. The molecule has 0 spiro atoms. The third kappa shape index (κ3) is 2.83. The number of nitriles is 1. The molecule has 0 bridgehead atoms. The molecule has 0 aliphatic carbocycles. The molecule has 1 aliphatic heterocycles. The van der Waals surface area contributed by atoms with Crippen LogP contribution in [0.4, 0.5) is 5.13 Å². The van der Waals surface area contributed by atoms with Gasteiger partial charge in [-0.15, -0.1) is 11.3 Å². The van der Waals surface area contributed by atoms with Crippen LogP contribution in [-0.4, -0.2) is 28.8 Å². The molecule has 3 atom stereocenters. The monoisotopic (exact) mass is 339 g/mol. The minimum absolute atomic E-state index is 0.00799. The van der Waals surface area contributed by atoms with E-state index in [-0.39, 0.29) is 24.6 Å². The van der Waals surface area contributed by atoms with Crippen LogP contribution in [-0.2, 0) is 6.42 Å². The first kappa shape index (κ1) is 16.7. The third-order valence-corrected chi connectivity index (χ3v) is 5.44. The van der Waals surface area contributed by atoms with Gasteiger partial charge < -0.3 is 10.0 Å². The molecule has 1 saturated heterocycles. The van der Waals surface area contributed by atoms with Gasteiger partial charge in [0, 0.05) is 11.3 Å². The van der Waals surface area contributed by atoms with Gasteiger partial charge in [0.25, 0.3) is 0 Å². The highest BCUT2D eigenvalue weighted by Crippen LogP contribution is 2.44. The first-order valence-corrected chi connectivity index (χ1v) is 9.07. The van der Waals surface area contributed by atoms with Gasteiger partial charge in [0.2, 0.25) is 0 Å². The van der Waals surface area contributed by atoms with E-state index in [1.54, 1.807) is 11.3 Å². The van der Waals surface area contributed by atoms with Crippen molar-refractivity contribution >= 4 is 22.5 Å². The third-order valence-electron chi connectivity index (χ3n) is 4.53. The Kier molecular flexibility index (Phi) is 4.98. The molecular weight excluding hydrogens is 318 g/mol. The van der Waals surface area contributed by atoms with E-state index in [0.29, 0.717) is 0 Å². The van der Waals surface area contributed by atoms with E-state index in [0.717, 1.165) is 28.4 Å². The highest BCUT2D eigenvalue weighted by Gasteiger charge is 2.50. The molecule has 1 aromatic carbocycles. The number of thiazole rings is 1. The van der Waals surface area contributed by atoms with E-state index in [1.807, 2.05) is 29.4 Å². The van der Waals surface area contributed by atoms with Crippen molar-refractivity contribution in [3.63, 3.8) is 0 Å². The summed E-state index contributed by atoms with van der Waals surface area (Å²) in [5.41, 5.74) is 3.26. The predicted octanol–water partition coefficient (Wildman–Crippen LogP) is 3.60. The number of aliphatic hydroxyl groups is 1. The fourth-order valence-corrected chi connectivity index (χ4v) is 4.27. The minimum atomic E-state index is -0.287. The Morgan fingerprint density at radius 1 is 1.38 bits per heavy atom. The summed E-state index contributed by atoms with van der Waals surface area (Å²) >= 11 is 1.55. The van der Waals surface area contributed by atoms with Crippen molar-refractivity contribution in [2.24, 2.45) is 0 Å². The van der Waals surface area contributed by atoms with Crippen LogP contribution in [0, 0.1) is 11.3 Å². The normalized spacial score (nSPS) is 23.2. The molecule has 4 nitrogen and oxygen atoms in total. The maximum atomic E-state index is 9.88. The summed E-state index contributed by atoms with van der Waals surface area (Å²) in [6, 6.07) is 10.2. The van der Waals surface area contributed by atoms with Crippen LogP contribution >= 0.6 is 11.3 Å². The van der Waals surface area contributed by atoms with Crippen LogP contribution in [0.2, 0.25) is 0 Å². The molecule has 0 amide bonds. The van der Waals surface area contributed by atoms with E-state index in [4.69, 9.17) is 0 Å². The first-order chi connectivity index (χ1) is 11.7. The van der Waals surface area contributed by atoms with Crippen molar-refractivity contribution in [2.45, 2.75) is 38.3 Å². The Bertz CT molecular complexity index is 760. The van der Waals surface area contributed by atoms with E-state index in [9.17, 15) is 10.4 Å². The van der Waals surface area contributed by atoms with Gasteiger partial charge >= 0.3 is 0 Å². The van der Waals surface area contributed by atoms with Gasteiger partial charge in [-0.1, -0.05) is 43.3 Å². The fourth-order valence-electron chi connectivity index (χ4n) is 3.27. The lowest BCUT2D eigenvalue weighted by molar-refractivity contribution is 0.187. The van der Waals surface area contributed by atoms with Gasteiger partial charge in [-0.2, -0.15) is 5.26 Å². The smallest absolute Gasteiger partial charge is 0.186 e. The number of nitrogens with zero attached hydrogens (tertiary/aromatic N) is 3. The zero-order chi connectivity index (χ0) is 17.1. The van der Waals surface area contributed by atoms with E-state index in [2.05, 4.69) is 42.2 Å². The van der Waals surface area contributed by atoms with E-state index >= 15 is 0 Å². The highest BCUT2D eigenvalue weighted by molar-refractivity contribution is 7.13. The second-order valence-corrected chi connectivity index (χ2v) is 6.74. The van der Waals surface area contributed by atoms with Crippen molar-refractivity contribution in [1.82, 2.24) is 4.98 Å². The van der Waals surface area contributed by atoms with Crippen LogP contribution in [0.3, 0.4) is 0 Å². The number of hydrogen-bond acceptors (Lipinski definition) is 5. The molecule has 1 aliphatic rings. The Hall–Kier alpha value is -2.16. The lowest BCUT2D eigenvalue weighted by Gasteiger charge is -2.51. The molecule has 0 saturated carbocycles. The molecule has 124 valence electrons. The molecule has 2 heterocycles. The number of aryl methyl sites for hydroxylation is 1. The molecule has 0 unspecified atom stereocenters. The zero-order valence-corrected chi connectivity index (χ0v) is 14.7. The summed E-state index contributed by atoms with van der Waals surface area (Å²) < 4.78 is 0. The number of aromatic nitrogens is 1. The Labute approximate surface area is 146 Å². The lowest BCUT2D eigenvalue weighted by Crippen LogP contribution is -2.63. The van der Waals surface area contributed by atoms with Crippen LogP contribution in [0.5, 0.6) is 0 Å². The molecule has 1 N–H and O–H groups in total. The topological polar surface area (TPSA) is 60.2 Å². The van der Waals surface area contributed by atoms with Crippen LogP contribution in [0.1, 0.15) is 36.6 Å². The minimum Gasteiger partial charge on any atom is -0.394 e. The Balaban J connectivity index is 1.87. The lowest BCUT2D eigenvalue weighted by atomic mass is 9.76. The summed E-state index contributed by atoms with van der Waals surface area (Å²) in [4.78, 5) is 6.55. The second kappa shape index (κ2) is 7.16. The predicted molar refractivity (Wildman–Crippen MR) is 98.1 cm³/mol. The molecular formula is C19H21N3OS. The van der Waals surface area contributed by atoms with Gasteiger partial charge in [0.15, 0.2) is 5.13 Å².